The molecule has 0 aliphatic carbocycles. The summed E-state index contributed by atoms with van der Waals surface area (Å²) in [6.45, 7) is 3.95. The van der Waals surface area contributed by atoms with E-state index in [4.69, 9.17) is 17.3 Å². The Balaban J connectivity index is 2.89. The average molecular weight is 207 g/mol. The Bertz CT molecular complexity index is 506. The Morgan fingerprint density at radius 3 is 2.64 bits per heavy atom. The van der Waals surface area contributed by atoms with Crippen molar-refractivity contribution in [1.82, 2.24) is 4.98 Å². The van der Waals surface area contributed by atoms with Crippen LogP contribution >= 0.6 is 11.6 Å². The third-order valence-corrected chi connectivity index (χ3v) is 2.53. The van der Waals surface area contributed by atoms with E-state index in [0.717, 1.165) is 22.0 Å². The molecule has 0 aliphatic rings. The molecule has 2 aromatic rings. The topological polar surface area (TPSA) is 38.9 Å². The van der Waals surface area contributed by atoms with Gasteiger partial charge in [0.1, 0.15) is 5.82 Å². The van der Waals surface area contributed by atoms with E-state index < -0.39 is 0 Å². The van der Waals surface area contributed by atoms with Crippen LogP contribution in [0.2, 0.25) is 5.02 Å². The summed E-state index contributed by atoms with van der Waals surface area (Å²) in [6.07, 6.45) is 0. The molecule has 0 atom stereocenters. The number of benzene rings is 1. The number of rotatable bonds is 0. The van der Waals surface area contributed by atoms with Gasteiger partial charge in [-0.1, -0.05) is 11.6 Å². The first kappa shape index (κ1) is 9.28. The molecule has 1 aromatic heterocycles. The fourth-order valence-electron chi connectivity index (χ4n) is 1.51. The molecule has 1 aromatic carbocycles. The molecule has 14 heavy (non-hydrogen) atoms. The second-order valence-electron chi connectivity index (χ2n) is 3.51. The minimum absolute atomic E-state index is 0.545. The number of anilines is 1. The fraction of sp³-hybridized carbons (Fsp3) is 0.182. The van der Waals surface area contributed by atoms with Gasteiger partial charge < -0.3 is 5.73 Å². The number of hydrogen-bond donors (Lipinski definition) is 1. The van der Waals surface area contributed by atoms with E-state index in [0.29, 0.717) is 10.8 Å². The maximum atomic E-state index is 6.07. The number of nitrogens with two attached hydrogens (primary N) is 1. The van der Waals surface area contributed by atoms with Crippen molar-refractivity contribution >= 4 is 28.3 Å². The predicted molar refractivity (Wildman–Crippen MR) is 60.6 cm³/mol. The monoisotopic (exact) mass is 206 g/mol. The highest BCUT2D eigenvalue weighted by atomic mass is 35.5. The normalized spacial score (nSPS) is 10.8. The fourth-order valence-corrected chi connectivity index (χ4v) is 1.83. The average Bonchev–Trinajstić information content (AvgIpc) is 2.08. The van der Waals surface area contributed by atoms with Crippen LogP contribution in [0.25, 0.3) is 10.9 Å². The predicted octanol–water partition coefficient (Wildman–Crippen LogP) is 3.09. The van der Waals surface area contributed by atoms with Crippen molar-refractivity contribution in [3.05, 3.63) is 34.3 Å². The summed E-state index contributed by atoms with van der Waals surface area (Å²) in [5.41, 5.74) is 8.62. The summed E-state index contributed by atoms with van der Waals surface area (Å²) in [6, 6.07) is 5.96. The van der Waals surface area contributed by atoms with Crippen molar-refractivity contribution in [2.45, 2.75) is 13.8 Å². The van der Waals surface area contributed by atoms with Gasteiger partial charge in [0.25, 0.3) is 0 Å². The molecular formula is C11H11ClN2. The minimum atomic E-state index is 0.545. The van der Waals surface area contributed by atoms with Gasteiger partial charge in [-0.05, 0) is 43.2 Å². The van der Waals surface area contributed by atoms with E-state index in [9.17, 15) is 0 Å². The number of halogens is 1. The molecule has 0 fully saturated rings. The van der Waals surface area contributed by atoms with Crippen molar-refractivity contribution in [3.8, 4) is 0 Å². The zero-order valence-corrected chi connectivity index (χ0v) is 8.89. The molecule has 0 amide bonds. The molecule has 3 heteroatoms. The number of aryl methyl sites for hydroxylation is 2. The quantitative estimate of drug-likeness (QED) is 0.720. The van der Waals surface area contributed by atoms with Crippen LogP contribution in [0.4, 0.5) is 5.82 Å². The molecule has 0 radical (unpaired) electrons. The van der Waals surface area contributed by atoms with Gasteiger partial charge in [-0.3, -0.25) is 0 Å². The standard InChI is InChI=1S/C11H11ClN2/c1-6-3-8-5-7(2)11(13)14-10(8)9(12)4-6/h3-5H,1-2H3,(H2,13,14). The van der Waals surface area contributed by atoms with Gasteiger partial charge in [0.05, 0.1) is 10.5 Å². The number of aromatic nitrogens is 1. The SMILES string of the molecule is Cc1cc(Cl)c2nc(N)c(C)cc2c1. The summed E-state index contributed by atoms with van der Waals surface area (Å²) in [5.74, 6) is 0.545. The highest BCUT2D eigenvalue weighted by molar-refractivity contribution is 6.35. The maximum absolute atomic E-state index is 6.07. The van der Waals surface area contributed by atoms with Crippen LogP contribution in [0.15, 0.2) is 18.2 Å². The highest BCUT2D eigenvalue weighted by Gasteiger charge is 2.04. The Morgan fingerprint density at radius 2 is 1.93 bits per heavy atom. The minimum Gasteiger partial charge on any atom is -0.383 e. The van der Waals surface area contributed by atoms with Crippen LogP contribution in [0, 0.1) is 13.8 Å². The summed E-state index contributed by atoms with van der Waals surface area (Å²) < 4.78 is 0. The highest BCUT2D eigenvalue weighted by Crippen LogP contribution is 2.26. The first-order valence-corrected chi connectivity index (χ1v) is 4.78. The van der Waals surface area contributed by atoms with Crippen LogP contribution < -0.4 is 5.73 Å². The largest absolute Gasteiger partial charge is 0.383 e. The van der Waals surface area contributed by atoms with Crippen molar-refractivity contribution in [2.24, 2.45) is 0 Å². The Kier molecular flexibility index (Phi) is 2.08. The van der Waals surface area contributed by atoms with Crippen LogP contribution in [0.3, 0.4) is 0 Å². The molecule has 2 rings (SSSR count). The molecule has 0 saturated carbocycles. The van der Waals surface area contributed by atoms with E-state index in [-0.39, 0.29) is 0 Å². The van der Waals surface area contributed by atoms with Gasteiger partial charge in [0.2, 0.25) is 0 Å². The lowest BCUT2D eigenvalue weighted by Gasteiger charge is -2.05. The number of nitrogen functional groups attached to an aromatic ring is 1. The molecule has 2 N–H and O–H groups in total. The molecule has 0 bridgehead atoms. The van der Waals surface area contributed by atoms with Crippen molar-refractivity contribution in [2.75, 3.05) is 5.73 Å². The summed E-state index contributed by atoms with van der Waals surface area (Å²) >= 11 is 6.07. The van der Waals surface area contributed by atoms with Gasteiger partial charge in [-0.2, -0.15) is 0 Å². The van der Waals surface area contributed by atoms with Gasteiger partial charge in [-0.25, -0.2) is 4.98 Å². The second-order valence-corrected chi connectivity index (χ2v) is 3.92. The van der Waals surface area contributed by atoms with Crippen LogP contribution in [0.1, 0.15) is 11.1 Å². The molecule has 0 saturated heterocycles. The van der Waals surface area contributed by atoms with Crippen LogP contribution in [-0.4, -0.2) is 4.98 Å². The lowest BCUT2D eigenvalue weighted by atomic mass is 10.1. The van der Waals surface area contributed by atoms with Gasteiger partial charge in [0, 0.05) is 5.39 Å². The van der Waals surface area contributed by atoms with Crippen molar-refractivity contribution in [1.29, 1.82) is 0 Å². The molecule has 0 spiro atoms. The van der Waals surface area contributed by atoms with E-state index in [1.165, 1.54) is 0 Å². The van der Waals surface area contributed by atoms with Crippen molar-refractivity contribution < 1.29 is 0 Å². The third-order valence-electron chi connectivity index (χ3n) is 2.25. The second kappa shape index (κ2) is 3.14. The zero-order chi connectivity index (χ0) is 10.3. The summed E-state index contributed by atoms with van der Waals surface area (Å²) in [7, 11) is 0. The Morgan fingerprint density at radius 1 is 1.21 bits per heavy atom. The number of nitrogens with zero attached hydrogens (tertiary/aromatic N) is 1. The van der Waals surface area contributed by atoms with Gasteiger partial charge in [-0.15, -0.1) is 0 Å². The van der Waals surface area contributed by atoms with Gasteiger partial charge in [0.15, 0.2) is 0 Å². The van der Waals surface area contributed by atoms with Gasteiger partial charge >= 0.3 is 0 Å². The van der Waals surface area contributed by atoms with E-state index in [1.807, 2.05) is 26.0 Å². The van der Waals surface area contributed by atoms with Crippen molar-refractivity contribution in [3.63, 3.8) is 0 Å². The molecule has 0 aliphatic heterocycles. The third kappa shape index (κ3) is 1.42. The van der Waals surface area contributed by atoms with E-state index in [2.05, 4.69) is 11.1 Å². The lowest BCUT2D eigenvalue weighted by molar-refractivity contribution is 1.33. The van der Waals surface area contributed by atoms with E-state index >= 15 is 0 Å². The maximum Gasteiger partial charge on any atom is 0.127 e. The molecule has 72 valence electrons. The Hall–Kier alpha value is -1.28. The summed E-state index contributed by atoms with van der Waals surface area (Å²) in [4.78, 5) is 4.26. The molecule has 0 unspecified atom stereocenters. The number of hydrogen-bond acceptors (Lipinski definition) is 2. The smallest absolute Gasteiger partial charge is 0.127 e. The van der Waals surface area contributed by atoms with E-state index in [1.54, 1.807) is 0 Å². The molecule has 1 heterocycles. The first-order chi connectivity index (χ1) is 6.58. The van der Waals surface area contributed by atoms with Crippen LogP contribution in [-0.2, 0) is 0 Å². The first-order valence-electron chi connectivity index (χ1n) is 4.41. The molecular weight excluding hydrogens is 196 g/mol. The zero-order valence-electron chi connectivity index (χ0n) is 8.13. The molecule has 2 nitrogen and oxygen atoms in total. The lowest BCUT2D eigenvalue weighted by Crippen LogP contribution is -1.95. The number of pyridine rings is 1. The number of fused-ring (bicyclic) bond motifs is 1. The van der Waals surface area contributed by atoms with Crippen LogP contribution in [0.5, 0.6) is 0 Å². The Labute approximate surface area is 87.7 Å². The summed E-state index contributed by atoms with van der Waals surface area (Å²) in [5, 5.41) is 1.70.